The summed E-state index contributed by atoms with van der Waals surface area (Å²) < 4.78 is 23.5. The molecule has 0 radical (unpaired) electrons. The van der Waals surface area contributed by atoms with Crippen LogP contribution >= 0.6 is 7.60 Å². The van der Waals surface area contributed by atoms with E-state index in [0.29, 0.717) is 29.8 Å². The number of carbonyl (C=O) groups is 1. The van der Waals surface area contributed by atoms with Crippen LogP contribution in [0.1, 0.15) is 43.9 Å². The van der Waals surface area contributed by atoms with Gasteiger partial charge in [0.2, 0.25) is 5.91 Å². The molecule has 0 aliphatic carbocycles. The quantitative estimate of drug-likeness (QED) is 0.828. The van der Waals surface area contributed by atoms with Gasteiger partial charge in [0, 0.05) is 25.2 Å². The smallest absolute Gasteiger partial charge is 0.325 e. The molecule has 2 aliphatic rings. The lowest BCUT2D eigenvalue weighted by atomic mass is 9.85. The first-order valence-corrected chi connectivity index (χ1v) is 10.2. The average molecular weight is 364 g/mol. The molecule has 0 aromatic heterocycles. The van der Waals surface area contributed by atoms with Crippen molar-refractivity contribution >= 4 is 13.5 Å². The highest BCUT2D eigenvalue weighted by Crippen LogP contribution is 2.51. The Balaban J connectivity index is 2.16. The fourth-order valence-corrected chi connectivity index (χ4v) is 4.31. The predicted octanol–water partition coefficient (Wildman–Crippen LogP) is 2.59. The van der Waals surface area contributed by atoms with Gasteiger partial charge in [-0.1, -0.05) is 0 Å². The van der Waals surface area contributed by atoms with Crippen LogP contribution in [0.15, 0.2) is 18.2 Å². The van der Waals surface area contributed by atoms with Gasteiger partial charge in [0.05, 0.1) is 17.7 Å². The maximum Gasteiger partial charge on any atom is 0.325 e. The van der Waals surface area contributed by atoms with Gasteiger partial charge < -0.3 is 14.5 Å². The Morgan fingerprint density at radius 1 is 1.48 bits per heavy atom. The van der Waals surface area contributed by atoms with Gasteiger partial charge in [0.25, 0.3) is 0 Å². The molecule has 1 aromatic rings. The summed E-state index contributed by atoms with van der Waals surface area (Å²) in [5, 5.41) is 9.21. The summed E-state index contributed by atoms with van der Waals surface area (Å²) in [7, 11) is -3.83. The standard InChI is InChI=1S/C17H21N2O5P/c1-17(2)16(24-25(3,21)22)15(19-8-4-5-14(19)20)12-9-11(10-18)6-7-13(12)23-17/h6-7,9,15-16H,4-5,8H2,1-3H3,(H,21,22). The summed E-state index contributed by atoms with van der Waals surface area (Å²) in [6.45, 7) is 5.19. The Bertz CT molecular complexity index is 795. The molecule has 7 nitrogen and oxygen atoms in total. The van der Waals surface area contributed by atoms with E-state index in [1.54, 1.807) is 36.9 Å². The number of nitrogens with zero attached hydrogens (tertiary/aromatic N) is 2. The van der Waals surface area contributed by atoms with E-state index in [1.165, 1.54) is 0 Å². The molecule has 3 atom stereocenters. The summed E-state index contributed by atoms with van der Waals surface area (Å²) in [5.74, 6) is 0.519. The summed E-state index contributed by atoms with van der Waals surface area (Å²) in [4.78, 5) is 23.9. The van der Waals surface area contributed by atoms with Crippen LogP contribution in [0.25, 0.3) is 0 Å². The second-order valence-electron chi connectivity index (χ2n) is 7.03. The van der Waals surface area contributed by atoms with E-state index in [9.17, 15) is 19.5 Å². The minimum atomic E-state index is -3.83. The SMILES string of the molecule is CC1(C)Oc2ccc(C#N)cc2C(N2CCCC2=O)C1OP(C)(=O)O. The van der Waals surface area contributed by atoms with Crippen LogP contribution in [-0.2, 0) is 13.9 Å². The van der Waals surface area contributed by atoms with Crippen LogP contribution < -0.4 is 4.74 Å². The van der Waals surface area contributed by atoms with E-state index in [0.717, 1.165) is 13.1 Å². The lowest BCUT2D eigenvalue weighted by Crippen LogP contribution is -2.54. The van der Waals surface area contributed by atoms with Gasteiger partial charge in [-0.25, -0.2) is 0 Å². The number of hydrogen-bond acceptors (Lipinski definition) is 5. The van der Waals surface area contributed by atoms with Crippen molar-refractivity contribution in [1.82, 2.24) is 4.90 Å². The van der Waals surface area contributed by atoms with Crippen molar-refractivity contribution in [3.63, 3.8) is 0 Å². The molecule has 1 saturated heterocycles. The molecule has 3 rings (SSSR count). The van der Waals surface area contributed by atoms with Crippen molar-refractivity contribution in [3.8, 4) is 11.8 Å². The van der Waals surface area contributed by atoms with E-state index in [4.69, 9.17) is 9.26 Å². The lowest BCUT2D eigenvalue weighted by molar-refractivity contribution is -0.138. The number of likely N-dealkylation sites (tertiary alicyclic amines) is 1. The van der Waals surface area contributed by atoms with Crippen molar-refractivity contribution in [1.29, 1.82) is 5.26 Å². The zero-order chi connectivity index (χ0) is 18.4. The van der Waals surface area contributed by atoms with E-state index in [1.807, 2.05) is 0 Å². The predicted molar refractivity (Wildman–Crippen MR) is 90.2 cm³/mol. The van der Waals surface area contributed by atoms with Gasteiger partial charge in [-0.3, -0.25) is 13.9 Å². The second kappa shape index (κ2) is 6.14. The maximum atomic E-state index is 12.4. The van der Waals surface area contributed by atoms with Gasteiger partial charge in [-0.2, -0.15) is 5.26 Å². The summed E-state index contributed by atoms with van der Waals surface area (Å²) in [6.07, 6.45) is 0.317. The normalized spacial score (nSPS) is 27.2. The first kappa shape index (κ1) is 17.9. The van der Waals surface area contributed by atoms with E-state index in [-0.39, 0.29) is 5.91 Å². The zero-order valence-corrected chi connectivity index (χ0v) is 15.3. The largest absolute Gasteiger partial charge is 0.485 e. The number of hydrogen-bond donors (Lipinski definition) is 1. The Labute approximate surface area is 146 Å². The first-order valence-electron chi connectivity index (χ1n) is 8.13. The van der Waals surface area contributed by atoms with E-state index >= 15 is 0 Å². The van der Waals surface area contributed by atoms with Crippen LogP contribution in [0.2, 0.25) is 0 Å². The average Bonchev–Trinajstić information content (AvgIpc) is 2.92. The van der Waals surface area contributed by atoms with Crippen LogP contribution in [0, 0.1) is 11.3 Å². The molecule has 8 heteroatoms. The number of amides is 1. The second-order valence-corrected chi connectivity index (χ2v) is 8.85. The minimum absolute atomic E-state index is 0.0338. The number of rotatable bonds is 3. The van der Waals surface area contributed by atoms with Gasteiger partial charge >= 0.3 is 7.60 Å². The summed E-state index contributed by atoms with van der Waals surface area (Å²) >= 11 is 0. The molecule has 1 amide bonds. The van der Waals surface area contributed by atoms with Crippen LogP contribution in [0.4, 0.5) is 0 Å². The number of ether oxygens (including phenoxy) is 1. The Kier molecular flexibility index (Phi) is 4.40. The molecular formula is C17H21N2O5P. The van der Waals surface area contributed by atoms with Gasteiger partial charge in [0.1, 0.15) is 17.5 Å². The molecule has 0 bridgehead atoms. The van der Waals surface area contributed by atoms with Crippen LogP contribution in [0.3, 0.4) is 0 Å². The molecule has 0 saturated carbocycles. The van der Waals surface area contributed by atoms with Crippen LogP contribution in [0.5, 0.6) is 5.75 Å². The molecule has 134 valence electrons. The fraction of sp³-hybridized carbons (Fsp3) is 0.529. The van der Waals surface area contributed by atoms with Gasteiger partial charge in [-0.05, 0) is 38.5 Å². The van der Waals surface area contributed by atoms with Crippen molar-refractivity contribution in [2.75, 3.05) is 13.2 Å². The fourth-order valence-electron chi connectivity index (χ4n) is 3.52. The Morgan fingerprint density at radius 2 is 2.20 bits per heavy atom. The highest BCUT2D eigenvalue weighted by molar-refractivity contribution is 7.51. The summed E-state index contributed by atoms with van der Waals surface area (Å²) in [6, 6.07) is 6.51. The van der Waals surface area contributed by atoms with Crippen LogP contribution in [-0.4, -0.2) is 40.6 Å². The molecule has 2 heterocycles. The number of fused-ring (bicyclic) bond motifs is 1. The Morgan fingerprint density at radius 3 is 2.76 bits per heavy atom. The number of benzene rings is 1. The van der Waals surface area contributed by atoms with Gasteiger partial charge in [0.15, 0.2) is 0 Å². The Hall–Kier alpha value is -1.87. The maximum absolute atomic E-state index is 12.4. The third-order valence-corrected chi connectivity index (χ3v) is 5.18. The first-order chi connectivity index (χ1) is 11.6. The molecule has 3 unspecified atom stereocenters. The number of nitriles is 1. The zero-order valence-electron chi connectivity index (χ0n) is 14.4. The molecule has 1 aromatic carbocycles. The monoisotopic (exact) mass is 364 g/mol. The lowest BCUT2D eigenvalue weighted by Gasteiger charge is -2.47. The molecule has 1 fully saturated rings. The van der Waals surface area contributed by atoms with Crippen molar-refractivity contribution in [2.45, 2.75) is 44.4 Å². The van der Waals surface area contributed by atoms with Gasteiger partial charge in [-0.15, -0.1) is 0 Å². The van der Waals surface area contributed by atoms with Crippen molar-refractivity contribution in [2.24, 2.45) is 0 Å². The highest BCUT2D eigenvalue weighted by Gasteiger charge is 2.51. The van der Waals surface area contributed by atoms with Crippen molar-refractivity contribution < 1.29 is 23.5 Å². The minimum Gasteiger partial charge on any atom is -0.485 e. The van der Waals surface area contributed by atoms with E-state index in [2.05, 4.69) is 6.07 Å². The molecule has 2 aliphatic heterocycles. The molecular weight excluding hydrogens is 343 g/mol. The topological polar surface area (TPSA) is 99.9 Å². The third kappa shape index (κ3) is 3.43. The van der Waals surface area contributed by atoms with Crippen molar-refractivity contribution in [3.05, 3.63) is 29.3 Å². The third-order valence-electron chi connectivity index (χ3n) is 4.56. The molecule has 1 N–H and O–H groups in total. The highest BCUT2D eigenvalue weighted by atomic mass is 31.2. The summed E-state index contributed by atoms with van der Waals surface area (Å²) in [5.41, 5.74) is 0.136. The molecule has 25 heavy (non-hydrogen) atoms. The number of carbonyl (C=O) groups excluding carboxylic acids is 1. The van der Waals surface area contributed by atoms with E-state index < -0.39 is 25.3 Å². The molecule has 0 spiro atoms.